The van der Waals surface area contributed by atoms with E-state index in [2.05, 4.69) is 40.2 Å². The van der Waals surface area contributed by atoms with Gasteiger partial charge in [0.15, 0.2) is 0 Å². The average molecular weight is 320 g/mol. The van der Waals surface area contributed by atoms with E-state index in [0.717, 1.165) is 9.26 Å². The van der Waals surface area contributed by atoms with Crippen molar-refractivity contribution in [3.8, 4) is 0 Å². The van der Waals surface area contributed by atoms with Crippen LogP contribution in [0.15, 0.2) is 18.5 Å². The summed E-state index contributed by atoms with van der Waals surface area (Å²) in [7, 11) is 0. The molecule has 0 aromatic carbocycles. The molecule has 1 amide bonds. The number of rotatable bonds is 1. The van der Waals surface area contributed by atoms with Crippen LogP contribution in [0.2, 0.25) is 0 Å². The lowest BCUT2D eigenvalue weighted by atomic mass is 10.4. The first-order valence-corrected chi connectivity index (χ1v) is 5.86. The number of pyridine rings is 1. The molecule has 14 heavy (non-hydrogen) atoms. The molecule has 1 aromatic rings. The molecule has 1 fully saturated rings. The van der Waals surface area contributed by atoms with Gasteiger partial charge >= 0.3 is 0 Å². The largest absolute Gasteiger partial charge is 0.309 e. The summed E-state index contributed by atoms with van der Waals surface area (Å²) < 4.78 is 1.05. The summed E-state index contributed by atoms with van der Waals surface area (Å²) in [5, 5.41) is 0.151. The molecule has 0 N–H and O–H groups in total. The molecule has 1 aliphatic heterocycles. The molecule has 1 saturated heterocycles. The van der Waals surface area contributed by atoms with Gasteiger partial charge in [-0.15, -0.1) is 0 Å². The van der Waals surface area contributed by atoms with Crippen molar-refractivity contribution in [1.29, 1.82) is 0 Å². The molecule has 0 radical (unpaired) electrons. The number of hydrogen-bond acceptors (Lipinski definition) is 3. The number of carbonyl (C=O) groups excluding carboxylic acids is 1. The van der Waals surface area contributed by atoms with Gasteiger partial charge in [0.25, 0.3) is 0 Å². The molecule has 0 saturated carbocycles. The molecule has 0 spiro atoms. The lowest BCUT2D eigenvalue weighted by molar-refractivity contribution is -0.117. The van der Waals surface area contributed by atoms with Gasteiger partial charge in [-0.1, -0.05) is 0 Å². The standard InChI is InChI=1S/C9H9IN2OS/c10-7-1-2-11-4-8(7)12-5-6(14)3-9(12)13/h1-2,4,6,14H,3,5H2. The van der Waals surface area contributed by atoms with Crippen LogP contribution in [0.1, 0.15) is 6.42 Å². The summed E-state index contributed by atoms with van der Waals surface area (Å²) >= 11 is 6.52. The highest BCUT2D eigenvalue weighted by molar-refractivity contribution is 14.1. The quantitative estimate of drug-likeness (QED) is 0.631. The Morgan fingerprint density at radius 1 is 1.64 bits per heavy atom. The van der Waals surface area contributed by atoms with E-state index in [1.165, 1.54) is 0 Å². The topological polar surface area (TPSA) is 33.2 Å². The van der Waals surface area contributed by atoms with E-state index in [4.69, 9.17) is 0 Å². The van der Waals surface area contributed by atoms with Crippen LogP contribution in [0.25, 0.3) is 0 Å². The van der Waals surface area contributed by atoms with E-state index in [-0.39, 0.29) is 11.2 Å². The summed E-state index contributed by atoms with van der Waals surface area (Å²) in [5.74, 6) is 0.135. The zero-order valence-corrected chi connectivity index (χ0v) is 10.4. The highest BCUT2D eigenvalue weighted by atomic mass is 127. The molecule has 0 bridgehead atoms. The van der Waals surface area contributed by atoms with Crippen LogP contribution in [-0.4, -0.2) is 22.7 Å². The van der Waals surface area contributed by atoms with Crippen molar-refractivity contribution < 1.29 is 4.79 Å². The number of carbonyl (C=O) groups is 1. The van der Waals surface area contributed by atoms with Crippen LogP contribution in [0.5, 0.6) is 0 Å². The number of anilines is 1. The van der Waals surface area contributed by atoms with Gasteiger partial charge in [0, 0.05) is 28.0 Å². The molecule has 1 aliphatic rings. The maximum atomic E-state index is 11.6. The third-order valence-corrected chi connectivity index (χ3v) is 3.40. The molecule has 0 aliphatic carbocycles. The van der Waals surface area contributed by atoms with Crippen LogP contribution in [0.3, 0.4) is 0 Å². The van der Waals surface area contributed by atoms with E-state index in [1.54, 1.807) is 17.3 Å². The van der Waals surface area contributed by atoms with Gasteiger partial charge < -0.3 is 4.90 Å². The zero-order chi connectivity index (χ0) is 10.1. The second kappa shape index (κ2) is 4.06. The van der Waals surface area contributed by atoms with Gasteiger partial charge in [-0.3, -0.25) is 9.78 Å². The lowest BCUT2D eigenvalue weighted by Crippen LogP contribution is -2.25. The molecular formula is C9H9IN2OS. The van der Waals surface area contributed by atoms with E-state index < -0.39 is 0 Å². The number of amides is 1. The van der Waals surface area contributed by atoms with Crippen molar-refractivity contribution in [2.45, 2.75) is 11.7 Å². The average Bonchev–Trinajstić information content (AvgIpc) is 2.46. The number of hydrogen-bond donors (Lipinski definition) is 1. The Bertz CT molecular complexity index is 372. The third kappa shape index (κ3) is 1.88. The first kappa shape index (κ1) is 10.2. The fourth-order valence-electron chi connectivity index (χ4n) is 1.49. The van der Waals surface area contributed by atoms with Crippen molar-refractivity contribution in [3.05, 3.63) is 22.0 Å². The van der Waals surface area contributed by atoms with Crippen LogP contribution in [0.4, 0.5) is 5.69 Å². The summed E-state index contributed by atoms with van der Waals surface area (Å²) in [6.07, 6.45) is 3.98. The monoisotopic (exact) mass is 320 g/mol. The predicted octanol–water partition coefficient (Wildman–Crippen LogP) is 1.72. The Balaban J connectivity index is 2.32. The molecule has 3 nitrogen and oxygen atoms in total. The third-order valence-electron chi connectivity index (χ3n) is 2.14. The minimum Gasteiger partial charge on any atom is -0.309 e. The molecule has 74 valence electrons. The van der Waals surface area contributed by atoms with Gasteiger partial charge in [-0.25, -0.2) is 0 Å². The normalized spacial score (nSPS) is 21.7. The Kier molecular flexibility index (Phi) is 2.96. The summed E-state index contributed by atoms with van der Waals surface area (Å²) in [5.41, 5.74) is 0.898. The summed E-state index contributed by atoms with van der Waals surface area (Å²) in [4.78, 5) is 17.4. The van der Waals surface area contributed by atoms with E-state index in [9.17, 15) is 4.79 Å². The Morgan fingerprint density at radius 2 is 2.43 bits per heavy atom. The summed E-state index contributed by atoms with van der Waals surface area (Å²) in [6, 6.07) is 1.90. The van der Waals surface area contributed by atoms with Crippen molar-refractivity contribution in [3.63, 3.8) is 0 Å². The van der Waals surface area contributed by atoms with Gasteiger partial charge in [0.1, 0.15) is 0 Å². The minimum atomic E-state index is 0.135. The first-order chi connectivity index (χ1) is 6.68. The van der Waals surface area contributed by atoms with Gasteiger partial charge in [-0.2, -0.15) is 12.6 Å². The van der Waals surface area contributed by atoms with Crippen LogP contribution in [0, 0.1) is 3.57 Å². The van der Waals surface area contributed by atoms with E-state index >= 15 is 0 Å². The Hall–Kier alpha value is -0.300. The van der Waals surface area contributed by atoms with Crippen molar-refractivity contribution in [2.24, 2.45) is 0 Å². The highest BCUT2D eigenvalue weighted by Gasteiger charge is 2.29. The Labute approximate surface area is 101 Å². The molecule has 2 rings (SSSR count). The minimum absolute atomic E-state index is 0.135. The molecule has 2 heterocycles. The molecule has 1 atom stereocenters. The predicted molar refractivity (Wildman–Crippen MR) is 66.7 cm³/mol. The number of thiol groups is 1. The van der Waals surface area contributed by atoms with Gasteiger partial charge in [0.2, 0.25) is 5.91 Å². The van der Waals surface area contributed by atoms with Gasteiger partial charge in [-0.05, 0) is 28.7 Å². The second-order valence-electron chi connectivity index (χ2n) is 3.19. The van der Waals surface area contributed by atoms with E-state index in [0.29, 0.717) is 13.0 Å². The fourth-order valence-corrected chi connectivity index (χ4v) is 2.40. The van der Waals surface area contributed by atoms with Crippen LogP contribution < -0.4 is 4.90 Å². The van der Waals surface area contributed by atoms with Crippen LogP contribution in [-0.2, 0) is 4.79 Å². The molecule has 5 heteroatoms. The molecular weight excluding hydrogens is 311 g/mol. The number of halogens is 1. The lowest BCUT2D eigenvalue weighted by Gasteiger charge is -2.16. The number of nitrogens with zero attached hydrogens (tertiary/aromatic N) is 2. The van der Waals surface area contributed by atoms with Crippen molar-refractivity contribution in [2.75, 3.05) is 11.4 Å². The maximum absolute atomic E-state index is 11.6. The van der Waals surface area contributed by atoms with Crippen molar-refractivity contribution >= 4 is 46.8 Å². The van der Waals surface area contributed by atoms with Crippen molar-refractivity contribution in [1.82, 2.24) is 4.98 Å². The smallest absolute Gasteiger partial charge is 0.228 e. The number of aromatic nitrogens is 1. The summed E-state index contributed by atoms with van der Waals surface area (Å²) in [6.45, 7) is 0.684. The fraction of sp³-hybridized carbons (Fsp3) is 0.333. The van der Waals surface area contributed by atoms with Crippen LogP contribution >= 0.6 is 35.2 Å². The maximum Gasteiger partial charge on any atom is 0.228 e. The first-order valence-electron chi connectivity index (χ1n) is 4.26. The Morgan fingerprint density at radius 3 is 3.00 bits per heavy atom. The second-order valence-corrected chi connectivity index (χ2v) is 5.08. The zero-order valence-electron chi connectivity index (χ0n) is 7.35. The molecule has 1 aromatic heterocycles. The SMILES string of the molecule is O=C1CC(S)CN1c1cnccc1I. The van der Waals surface area contributed by atoms with E-state index in [1.807, 2.05) is 6.07 Å². The van der Waals surface area contributed by atoms with Gasteiger partial charge in [0.05, 0.1) is 11.9 Å². The molecule has 1 unspecified atom stereocenters. The highest BCUT2D eigenvalue weighted by Crippen LogP contribution is 2.27.